The second-order valence-electron chi connectivity index (χ2n) is 8.26. The summed E-state index contributed by atoms with van der Waals surface area (Å²) in [5.41, 5.74) is 1.10. The van der Waals surface area contributed by atoms with E-state index in [1.54, 1.807) is 26.1 Å². The van der Waals surface area contributed by atoms with Gasteiger partial charge in [0.05, 0.1) is 19.2 Å². The Morgan fingerprint density at radius 2 is 2.12 bits per heavy atom. The number of fused-ring (bicyclic) bond motifs is 2. The minimum atomic E-state index is -0.0510. The molecule has 1 aromatic carbocycles. The second-order valence-corrected chi connectivity index (χ2v) is 8.26. The van der Waals surface area contributed by atoms with Crippen LogP contribution < -0.4 is 15.4 Å². The highest BCUT2D eigenvalue weighted by Gasteiger charge is 2.26. The number of hydrogen-bond donors (Lipinski definition) is 2. The number of carbonyl (C=O) groups excluding carboxylic acids is 1. The third-order valence-electron chi connectivity index (χ3n) is 5.66. The fourth-order valence-corrected chi connectivity index (χ4v) is 3.94. The summed E-state index contributed by atoms with van der Waals surface area (Å²) in [6, 6.07) is 8.20. The van der Waals surface area contributed by atoms with E-state index >= 15 is 0 Å². The van der Waals surface area contributed by atoms with Gasteiger partial charge in [-0.3, -0.25) is 4.79 Å². The number of aryl methyl sites for hydroxylation is 1. The SMILES string of the molecule is COCc1nc2n(n1)CC(NC(=NCC(=O)N(C)C)NC1CCOc3ccccc31)CC2.I. The summed E-state index contributed by atoms with van der Waals surface area (Å²) in [7, 11) is 5.11. The van der Waals surface area contributed by atoms with Gasteiger partial charge in [-0.25, -0.2) is 14.7 Å². The fourth-order valence-electron chi connectivity index (χ4n) is 3.94. The third-order valence-corrected chi connectivity index (χ3v) is 5.66. The first kappa shape index (κ1) is 25.2. The van der Waals surface area contributed by atoms with E-state index in [2.05, 4.69) is 31.8 Å². The van der Waals surface area contributed by atoms with E-state index in [9.17, 15) is 4.79 Å². The predicted octanol–water partition coefficient (Wildman–Crippen LogP) is 1.50. The van der Waals surface area contributed by atoms with Crippen molar-refractivity contribution in [3.63, 3.8) is 0 Å². The van der Waals surface area contributed by atoms with Crippen molar-refractivity contribution < 1.29 is 14.3 Å². The quantitative estimate of drug-likeness (QED) is 0.309. The molecule has 2 N–H and O–H groups in total. The Labute approximate surface area is 211 Å². The van der Waals surface area contributed by atoms with Gasteiger partial charge in [-0.2, -0.15) is 5.10 Å². The molecule has 10 nitrogen and oxygen atoms in total. The minimum Gasteiger partial charge on any atom is -0.493 e. The van der Waals surface area contributed by atoms with Gasteiger partial charge in [0.25, 0.3) is 0 Å². The summed E-state index contributed by atoms with van der Waals surface area (Å²) in [6.07, 6.45) is 2.54. The molecule has 4 rings (SSSR count). The Bertz CT molecular complexity index is 979. The van der Waals surface area contributed by atoms with Crippen LogP contribution in [0.1, 0.15) is 36.1 Å². The molecule has 1 aromatic heterocycles. The van der Waals surface area contributed by atoms with Gasteiger partial charge in [-0.15, -0.1) is 24.0 Å². The maximum Gasteiger partial charge on any atom is 0.243 e. The molecule has 2 aromatic rings. The molecule has 1 amide bonds. The van der Waals surface area contributed by atoms with Gasteiger partial charge in [0.2, 0.25) is 5.91 Å². The van der Waals surface area contributed by atoms with Crippen molar-refractivity contribution in [3.05, 3.63) is 41.5 Å². The van der Waals surface area contributed by atoms with Crippen LogP contribution in [-0.4, -0.2) is 71.9 Å². The molecule has 33 heavy (non-hydrogen) atoms. The lowest BCUT2D eigenvalue weighted by Crippen LogP contribution is -2.49. The summed E-state index contributed by atoms with van der Waals surface area (Å²) in [5.74, 6) is 3.13. The smallest absolute Gasteiger partial charge is 0.243 e. The van der Waals surface area contributed by atoms with E-state index in [1.165, 1.54) is 0 Å². The monoisotopic (exact) mass is 569 g/mol. The highest BCUT2D eigenvalue weighted by atomic mass is 127. The van der Waals surface area contributed by atoms with Crippen LogP contribution in [0.3, 0.4) is 0 Å². The molecule has 2 aliphatic rings. The number of carbonyl (C=O) groups is 1. The molecular formula is C22H32IN7O3. The van der Waals surface area contributed by atoms with Gasteiger partial charge in [-0.1, -0.05) is 18.2 Å². The second kappa shape index (κ2) is 11.6. The van der Waals surface area contributed by atoms with Gasteiger partial charge < -0.3 is 25.0 Å². The zero-order valence-corrected chi connectivity index (χ0v) is 21.6. The summed E-state index contributed by atoms with van der Waals surface area (Å²) < 4.78 is 12.9. The van der Waals surface area contributed by atoms with Crippen LogP contribution in [0.5, 0.6) is 5.75 Å². The fraction of sp³-hybridized carbons (Fsp3) is 0.545. The number of hydrogen-bond acceptors (Lipinski definition) is 6. The molecular weight excluding hydrogens is 537 g/mol. The Morgan fingerprint density at radius 1 is 1.30 bits per heavy atom. The van der Waals surface area contributed by atoms with Crippen molar-refractivity contribution in [2.45, 2.75) is 44.5 Å². The largest absolute Gasteiger partial charge is 0.493 e. The Morgan fingerprint density at radius 3 is 2.91 bits per heavy atom. The molecule has 0 saturated carbocycles. The number of nitrogens with zero attached hydrogens (tertiary/aromatic N) is 5. The van der Waals surface area contributed by atoms with E-state index < -0.39 is 0 Å². The number of guanidine groups is 1. The lowest BCUT2D eigenvalue weighted by Gasteiger charge is -2.30. The van der Waals surface area contributed by atoms with Crippen LogP contribution in [0, 0.1) is 0 Å². The minimum absolute atomic E-state index is 0. The number of rotatable bonds is 6. The number of amides is 1. The van der Waals surface area contributed by atoms with E-state index in [1.807, 2.05) is 22.9 Å². The van der Waals surface area contributed by atoms with Crippen LogP contribution in [0.25, 0.3) is 0 Å². The first-order valence-corrected chi connectivity index (χ1v) is 10.9. The lowest BCUT2D eigenvalue weighted by molar-refractivity contribution is -0.127. The summed E-state index contributed by atoms with van der Waals surface area (Å²) >= 11 is 0. The molecule has 0 fully saturated rings. The van der Waals surface area contributed by atoms with Crippen LogP contribution in [0.4, 0.5) is 0 Å². The number of methoxy groups -OCH3 is 1. The van der Waals surface area contributed by atoms with Crippen molar-refractivity contribution in [2.75, 3.05) is 34.4 Å². The molecule has 0 radical (unpaired) electrons. The molecule has 3 heterocycles. The topological polar surface area (TPSA) is 106 Å². The van der Waals surface area contributed by atoms with Crippen molar-refractivity contribution in [1.82, 2.24) is 30.3 Å². The molecule has 0 spiro atoms. The molecule has 0 saturated heterocycles. The van der Waals surface area contributed by atoms with Gasteiger partial charge in [0, 0.05) is 45.7 Å². The Kier molecular flexibility index (Phi) is 8.89. The van der Waals surface area contributed by atoms with Crippen molar-refractivity contribution in [1.29, 1.82) is 0 Å². The van der Waals surface area contributed by atoms with Gasteiger partial charge >= 0.3 is 0 Å². The van der Waals surface area contributed by atoms with E-state index in [4.69, 9.17) is 9.47 Å². The van der Waals surface area contributed by atoms with Crippen LogP contribution in [0.2, 0.25) is 0 Å². The average Bonchev–Trinajstić information content (AvgIpc) is 3.19. The van der Waals surface area contributed by atoms with Crippen molar-refractivity contribution in [2.24, 2.45) is 4.99 Å². The predicted molar refractivity (Wildman–Crippen MR) is 135 cm³/mol. The number of ether oxygens (including phenoxy) is 2. The highest BCUT2D eigenvalue weighted by molar-refractivity contribution is 14.0. The van der Waals surface area contributed by atoms with Crippen molar-refractivity contribution in [3.8, 4) is 5.75 Å². The number of halogens is 1. The number of nitrogens with one attached hydrogen (secondary N) is 2. The zero-order valence-electron chi connectivity index (χ0n) is 19.3. The first-order chi connectivity index (χ1) is 15.5. The highest BCUT2D eigenvalue weighted by Crippen LogP contribution is 2.31. The van der Waals surface area contributed by atoms with Crippen LogP contribution >= 0.6 is 24.0 Å². The van der Waals surface area contributed by atoms with Gasteiger partial charge in [-0.05, 0) is 12.5 Å². The number of aliphatic imine (C=N–C) groups is 1. The van der Waals surface area contributed by atoms with E-state index in [0.29, 0.717) is 31.5 Å². The maximum atomic E-state index is 12.2. The lowest BCUT2D eigenvalue weighted by atomic mass is 10.0. The standard InChI is InChI=1S/C22H31N7O3.HI/c1-28(2)21(30)12-23-22(25-17-10-11-32-18-7-5-4-6-16(17)18)24-15-8-9-20-26-19(14-31-3)27-29(20)13-15;/h4-7,15,17H,8-14H2,1-3H3,(H2,23,24,25);1H. The van der Waals surface area contributed by atoms with Gasteiger partial charge in [0.1, 0.15) is 24.7 Å². The molecule has 2 atom stereocenters. The van der Waals surface area contributed by atoms with Gasteiger partial charge in [0.15, 0.2) is 11.8 Å². The molecule has 2 unspecified atom stereocenters. The number of benzene rings is 1. The molecule has 2 aliphatic heterocycles. The van der Waals surface area contributed by atoms with Crippen LogP contribution in [0.15, 0.2) is 29.3 Å². The summed E-state index contributed by atoms with van der Waals surface area (Å²) in [6.45, 7) is 1.79. The first-order valence-electron chi connectivity index (χ1n) is 10.9. The normalized spacial score (nSPS) is 19.4. The molecule has 0 aliphatic carbocycles. The third kappa shape index (κ3) is 6.34. The average molecular weight is 569 g/mol. The number of likely N-dealkylation sites (N-methyl/N-ethyl adjacent to an activating group) is 1. The zero-order chi connectivity index (χ0) is 22.5. The Hall–Kier alpha value is -2.41. The van der Waals surface area contributed by atoms with Crippen molar-refractivity contribution >= 4 is 35.8 Å². The number of para-hydroxylation sites is 1. The molecule has 180 valence electrons. The molecule has 0 bridgehead atoms. The summed E-state index contributed by atoms with van der Waals surface area (Å²) in [5, 5.41) is 11.6. The maximum absolute atomic E-state index is 12.2. The van der Waals surface area contributed by atoms with E-state index in [0.717, 1.165) is 36.4 Å². The van der Waals surface area contributed by atoms with Crippen LogP contribution in [-0.2, 0) is 29.1 Å². The van der Waals surface area contributed by atoms with E-state index in [-0.39, 0.29) is 48.5 Å². The number of aromatic nitrogens is 3. The Balaban J connectivity index is 0.00000306. The summed E-state index contributed by atoms with van der Waals surface area (Å²) in [4.78, 5) is 22.8. The molecule has 11 heteroatoms.